The maximum Gasteiger partial charge on any atom is 0.251 e. The lowest BCUT2D eigenvalue weighted by atomic mass is 10.1. The van der Waals surface area contributed by atoms with Crippen LogP contribution in [-0.4, -0.2) is 61.1 Å². The third-order valence-corrected chi connectivity index (χ3v) is 6.62. The minimum atomic E-state index is 0.00600. The fraction of sp³-hybridized carbons (Fsp3) is 0.480. The van der Waals surface area contributed by atoms with Crippen LogP contribution < -0.4 is 15.0 Å². The number of amides is 1. The van der Waals surface area contributed by atoms with E-state index in [-0.39, 0.29) is 10.7 Å². The highest BCUT2D eigenvalue weighted by atomic mass is 32.2. The van der Waals surface area contributed by atoms with Crippen molar-refractivity contribution in [2.24, 2.45) is 0 Å². The Hall–Kier alpha value is -2.18. The van der Waals surface area contributed by atoms with Gasteiger partial charge >= 0.3 is 0 Å². The molecular weight excluding hydrogens is 406 g/mol. The Morgan fingerprint density at radius 2 is 1.71 bits per heavy atom. The zero-order valence-corrected chi connectivity index (χ0v) is 20.0. The summed E-state index contributed by atoms with van der Waals surface area (Å²) in [5.74, 6) is 1.86. The second-order valence-electron chi connectivity index (χ2n) is 8.85. The highest BCUT2D eigenvalue weighted by Crippen LogP contribution is 2.28. The Balaban J connectivity index is 1.45. The minimum Gasteiger partial charge on any atom is -0.495 e. The molecule has 0 unspecified atom stereocenters. The molecule has 2 aromatic carbocycles. The zero-order valence-electron chi connectivity index (χ0n) is 19.2. The van der Waals surface area contributed by atoms with Crippen molar-refractivity contribution in [3.63, 3.8) is 0 Å². The number of hydrogen-bond donors (Lipinski definition) is 1. The van der Waals surface area contributed by atoms with Gasteiger partial charge in [-0.3, -0.25) is 9.69 Å². The van der Waals surface area contributed by atoms with E-state index >= 15 is 0 Å². The van der Waals surface area contributed by atoms with Crippen LogP contribution in [0.4, 0.5) is 5.69 Å². The largest absolute Gasteiger partial charge is 0.495 e. The van der Waals surface area contributed by atoms with Crippen LogP contribution in [0.25, 0.3) is 0 Å². The Morgan fingerprint density at radius 1 is 1.03 bits per heavy atom. The van der Waals surface area contributed by atoms with Crippen molar-refractivity contribution in [3.05, 3.63) is 59.7 Å². The molecule has 0 radical (unpaired) electrons. The third kappa shape index (κ3) is 7.18. The summed E-state index contributed by atoms with van der Waals surface area (Å²) in [6, 6.07) is 16.2. The van der Waals surface area contributed by atoms with E-state index in [0.29, 0.717) is 6.54 Å². The monoisotopic (exact) mass is 441 g/mol. The average Bonchev–Trinajstić information content (AvgIpc) is 2.77. The molecule has 0 aromatic heterocycles. The number of nitrogens with one attached hydrogen (secondary N) is 1. The second kappa shape index (κ2) is 10.9. The molecule has 1 aliphatic rings. The number of hydrogen-bond acceptors (Lipinski definition) is 5. The van der Waals surface area contributed by atoms with E-state index in [1.54, 1.807) is 7.11 Å². The summed E-state index contributed by atoms with van der Waals surface area (Å²) in [5, 5.41) is 3.02. The number of methoxy groups -OCH3 is 1. The van der Waals surface area contributed by atoms with E-state index in [2.05, 4.69) is 60.2 Å². The number of thioether (sulfide) groups is 1. The van der Waals surface area contributed by atoms with Crippen LogP contribution in [0.2, 0.25) is 0 Å². The van der Waals surface area contributed by atoms with Gasteiger partial charge in [-0.05, 0) is 29.8 Å². The van der Waals surface area contributed by atoms with E-state index in [9.17, 15) is 4.79 Å². The van der Waals surface area contributed by atoms with E-state index in [1.807, 2.05) is 36.0 Å². The molecule has 1 fully saturated rings. The third-order valence-electron chi connectivity index (χ3n) is 5.34. The topological polar surface area (TPSA) is 44.8 Å². The van der Waals surface area contributed by atoms with E-state index in [4.69, 9.17) is 4.74 Å². The molecule has 0 saturated carbocycles. The molecule has 2 aromatic rings. The first-order valence-corrected chi connectivity index (χ1v) is 12.0. The first-order chi connectivity index (χ1) is 14.9. The first-order valence-electron chi connectivity index (χ1n) is 11.0. The van der Waals surface area contributed by atoms with Crippen molar-refractivity contribution in [2.45, 2.75) is 32.1 Å². The summed E-state index contributed by atoms with van der Waals surface area (Å²) < 4.78 is 5.74. The summed E-state index contributed by atoms with van der Waals surface area (Å²) >= 11 is 1.86. The highest BCUT2D eigenvalue weighted by molar-refractivity contribution is 8.00. The molecule has 1 N–H and O–H groups in total. The number of benzene rings is 2. The van der Waals surface area contributed by atoms with Gasteiger partial charge in [0.15, 0.2) is 0 Å². The summed E-state index contributed by atoms with van der Waals surface area (Å²) in [6.07, 6.45) is 0. The van der Waals surface area contributed by atoms with E-state index < -0.39 is 0 Å². The molecule has 3 rings (SSSR count). The van der Waals surface area contributed by atoms with Crippen molar-refractivity contribution >= 4 is 23.4 Å². The van der Waals surface area contributed by atoms with Crippen LogP contribution in [0.1, 0.15) is 36.7 Å². The quantitative estimate of drug-likeness (QED) is 0.620. The van der Waals surface area contributed by atoms with Crippen LogP contribution in [0, 0.1) is 0 Å². The Bertz CT molecular complexity index is 841. The molecule has 1 heterocycles. The number of carbonyl (C=O) groups is 1. The average molecular weight is 442 g/mol. The van der Waals surface area contributed by atoms with Crippen molar-refractivity contribution in [1.29, 1.82) is 0 Å². The molecule has 0 bridgehead atoms. The molecule has 5 nitrogen and oxygen atoms in total. The number of piperazine rings is 1. The molecule has 0 spiro atoms. The molecule has 168 valence electrons. The lowest BCUT2D eigenvalue weighted by Gasteiger charge is -2.36. The maximum atomic E-state index is 12.3. The number of para-hydroxylation sites is 2. The van der Waals surface area contributed by atoms with Crippen LogP contribution in [0.3, 0.4) is 0 Å². The number of nitrogens with zero attached hydrogens (tertiary/aromatic N) is 2. The van der Waals surface area contributed by atoms with Crippen LogP contribution in [-0.2, 0) is 6.54 Å². The van der Waals surface area contributed by atoms with Gasteiger partial charge in [-0.1, -0.05) is 45.0 Å². The Labute approximate surface area is 191 Å². The summed E-state index contributed by atoms with van der Waals surface area (Å²) in [5.41, 5.74) is 3.14. The Kier molecular flexibility index (Phi) is 8.27. The maximum absolute atomic E-state index is 12.3. The Morgan fingerprint density at radius 3 is 2.35 bits per heavy atom. The lowest BCUT2D eigenvalue weighted by Crippen LogP contribution is -2.46. The first kappa shape index (κ1) is 23.5. The van der Waals surface area contributed by atoms with Gasteiger partial charge < -0.3 is 15.0 Å². The van der Waals surface area contributed by atoms with Gasteiger partial charge in [-0.2, -0.15) is 11.8 Å². The van der Waals surface area contributed by atoms with Gasteiger partial charge in [0.2, 0.25) is 0 Å². The minimum absolute atomic E-state index is 0.00600. The van der Waals surface area contributed by atoms with Crippen molar-refractivity contribution in [2.75, 3.05) is 50.5 Å². The predicted octanol–water partition coefficient (Wildman–Crippen LogP) is 4.28. The number of anilines is 1. The molecule has 0 aliphatic carbocycles. The standard InChI is InChI=1S/C25H35N3O2S/c1-25(2,3)31-18-13-26-24(29)21-11-9-20(10-12-21)19-27-14-16-28(17-15-27)22-7-5-6-8-23(22)30-4/h5-12H,13-19H2,1-4H3,(H,26,29). The van der Waals surface area contributed by atoms with E-state index in [1.165, 1.54) is 11.3 Å². The van der Waals surface area contributed by atoms with E-state index in [0.717, 1.165) is 49.8 Å². The number of ether oxygens (including phenoxy) is 1. The SMILES string of the molecule is COc1ccccc1N1CCN(Cc2ccc(C(=O)NCCSC(C)(C)C)cc2)CC1. The summed E-state index contributed by atoms with van der Waals surface area (Å²) in [6.45, 7) is 12.1. The molecule has 1 aliphatic heterocycles. The fourth-order valence-corrected chi connectivity index (χ4v) is 4.50. The lowest BCUT2D eigenvalue weighted by molar-refractivity contribution is 0.0956. The van der Waals surface area contributed by atoms with Crippen LogP contribution >= 0.6 is 11.8 Å². The number of carbonyl (C=O) groups excluding carboxylic acids is 1. The van der Waals surface area contributed by atoms with Crippen molar-refractivity contribution in [1.82, 2.24) is 10.2 Å². The predicted molar refractivity (Wildman–Crippen MR) is 131 cm³/mol. The summed E-state index contributed by atoms with van der Waals surface area (Å²) in [4.78, 5) is 17.2. The van der Waals surface area contributed by atoms with Crippen LogP contribution in [0.15, 0.2) is 48.5 Å². The molecule has 1 amide bonds. The zero-order chi connectivity index (χ0) is 22.3. The highest BCUT2D eigenvalue weighted by Gasteiger charge is 2.19. The van der Waals surface area contributed by atoms with Gasteiger partial charge in [0.25, 0.3) is 5.91 Å². The molecular formula is C25H35N3O2S. The normalized spacial score (nSPS) is 15.0. The smallest absolute Gasteiger partial charge is 0.251 e. The molecule has 6 heteroatoms. The van der Waals surface area contributed by atoms with Gasteiger partial charge in [0.1, 0.15) is 5.75 Å². The van der Waals surface area contributed by atoms with Gasteiger partial charge in [0, 0.05) is 55.3 Å². The number of rotatable bonds is 8. The second-order valence-corrected chi connectivity index (χ2v) is 10.8. The van der Waals surface area contributed by atoms with Gasteiger partial charge in [-0.15, -0.1) is 0 Å². The van der Waals surface area contributed by atoms with Crippen molar-refractivity contribution in [3.8, 4) is 5.75 Å². The fourth-order valence-electron chi connectivity index (χ4n) is 3.68. The van der Waals surface area contributed by atoms with Crippen molar-refractivity contribution < 1.29 is 9.53 Å². The summed E-state index contributed by atoms with van der Waals surface area (Å²) in [7, 11) is 1.73. The van der Waals surface area contributed by atoms with Gasteiger partial charge in [0.05, 0.1) is 12.8 Å². The van der Waals surface area contributed by atoms with Gasteiger partial charge in [-0.25, -0.2) is 0 Å². The van der Waals surface area contributed by atoms with Crippen LogP contribution in [0.5, 0.6) is 5.75 Å². The molecule has 0 atom stereocenters. The molecule has 31 heavy (non-hydrogen) atoms. The molecule has 1 saturated heterocycles.